The molecule has 1 aromatic heterocycles. The second kappa shape index (κ2) is 11.5. The molecule has 0 aliphatic rings. The number of aliphatic imine (C=N–C) groups is 1. The lowest BCUT2D eigenvalue weighted by Crippen LogP contribution is -2.36. The first kappa shape index (κ1) is 22.9. The van der Waals surface area contributed by atoms with Gasteiger partial charge in [-0.1, -0.05) is 36.4 Å². The molecular weight excluding hydrogens is 402 g/mol. The molecule has 0 aliphatic heterocycles. The summed E-state index contributed by atoms with van der Waals surface area (Å²) in [6, 6.07) is 17.9. The molecule has 0 atom stereocenters. The lowest BCUT2D eigenvalue weighted by Gasteiger charge is -2.15. The molecule has 0 saturated carbocycles. The van der Waals surface area contributed by atoms with Crippen LogP contribution in [0.3, 0.4) is 0 Å². The van der Waals surface area contributed by atoms with Gasteiger partial charge in [-0.05, 0) is 48.7 Å². The Kier molecular flexibility index (Phi) is 8.25. The van der Waals surface area contributed by atoms with Crippen LogP contribution in [0.2, 0.25) is 0 Å². The van der Waals surface area contributed by atoms with E-state index < -0.39 is 0 Å². The number of nitrogens with zero attached hydrogens (tertiary/aromatic N) is 3. The monoisotopic (exact) mass is 433 g/mol. The van der Waals surface area contributed by atoms with Crippen LogP contribution in [0.15, 0.2) is 72.0 Å². The van der Waals surface area contributed by atoms with Crippen molar-refractivity contribution in [2.75, 3.05) is 12.4 Å². The number of carbonyl (C=O) groups is 1. The molecule has 0 bridgehead atoms. The van der Waals surface area contributed by atoms with Crippen LogP contribution in [0.5, 0.6) is 0 Å². The summed E-state index contributed by atoms with van der Waals surface area (Å²) in [5.41, 5.74) is 4.25. The zero-order valence-electron chi connectivity index (χ0n) is 18.8. The van der Waals surface area contributed by atoms with Gasteiger partial charge in [0.2, 0.25) is 0 Å². The average Bonchev–Trinajstić information content (AvgIpc) is 3.28. The van der Waals surface area contributed by atoms with Gasteiger partial charge in [0.1, 0.15) is 0 Å². The molecule has 32 heavy (non-hydrogen) atoms. The Hall–Kier alpha value is -3.81. The van der Waals surface area contributed by atoms with Crippen molar-refractivity contribution in [1.82, 2.24) is 25.7 Å². The third-order valence-electron chi connectivity index (χ3n) is 4.77. The molecule has 2 amide bonds. The zero-order valence-corrected chi connectivity index (χ0v) is 18.8. The van der Waals surface area contributed by atoms with Gasteiger partial charge in [-0.15, -0.1) is 0 Å². The molecule has 0 unspecified atom stereocenters. The molecule has 0 radical (unpaired) electrons. The Bertz CT molecular complexity index is 1010. The number of amides is 2. The molecule has 8 nitrogen and oxygen atoms in total. The summed E-state index contributed by atoms with van der Waals surface area (Å²) in [7, 11) is 1.76. The fourth-order valence-electron chi connectivity index (χ4n) is 3.17. The first-order valence-electron chi connectivity index (χ1n) is 10.7. The molecule has 1 heterocycles. The van der Waals surface area contributed by atoms with Crippen LogP contribution in [0.1, 0.15) is 30.5 Å². The lowest BCUT2D eigenvalue weighted by atomic mass is 10.1. The minimum atomic E-state index is -0.205. The largest absolute Gasteiger partial charge is 0.352 e. The molecule has 8 heteroatoms. The van der Waals surface area contributed by atoms with E-state index in [1.807, 2.05) is 67.2 Å². The molecule has 0 spiro atoms. The maximum atomic E-state index is 11.8. The highest BCUT2D eigenvalue weighted by Crippen LogP contribution is 2.11. The summed E-state index contributed by atoms with van der Waals surface area (Å²) in [5.74, 6) is 0.720. The molecule has 0 saturated heterocycles. The Labute approximate surface area is 189 Å². The maximum absolute atomic E-state index is 11.8. The minimum Gasteiger partial charge on any atom is -0.352 e. The van der Waals surface area contributed by atoms with Crippen molar-refractivity contribution >= 4 is 17.7 Å². The van der Waals surface area contributed by atoms with Crippen molar-refractivity contribution in [2.45, 2.75) is 39.5 Å². The number of benzene rings is 2. The van der Waals surface area contributed by atoms with E-state index in [9.17, 15) is 4.79 Å². The van der Waals surface area contributed by atoms with Gasteiger partial charge in [0.15, 0.2) is 5.96 Å². The molecule has 168 valence electrons. The van der Waals surface area contributed by atoms with E-state index in [2.05, 4.69) is 43.5 Å². The molecule has 0 aliphatic carbocycles. The van der Waals surface area contributed by atoms with E-state index in [0.29, 0.717) is 13.1 Å². The SMILES string of the molecule is CN=C(NCc1ccc(NC(=O)NC(C)C)cc1)NCc1ccccc1Cn1cccn1. The standard InChI is InChI=1S/C24H31N7O/c1-18(2)29-24(32)30-22-11-9-19(10-12-22)15-26-23(25-3)27-16-20-7-4-5-8-21(20)17-31-14-6-13-28-31/h4-14,18H,15-17H2,1-3H3,(H2,25,26,27)(H2,29,30,32). The second-order valence-corrected chi connectivity index (χ2v) is 7.70. The number of hydrogen-bond acceptors (Lipinski definition) is 3. The maximum Gasteiger partial charge on any atom is 0.319 e. The van der Waals surface area contributed by atoms with E-state index in [4.69, 9.17) is 0 Å². The highest BCUT2D eigenvalue weighted by atomic mass is 16.2. The lowest BCUT2D eigenvalue weighted by molar-refractivity contribution is 0.250. The highest BCUT2D eigenvalue weighted by molar-refractivity contribution is 5.89. The van der Waals surface area contributed by atoms with Crippen LogP contribution in [0, 0.1) is 0 Å². The van der Waals surface area contributed by atoms with Crippen LogP contribution >= 0.6 is 0 Å². The number of guanidine groups is 1. The van der Waals surface area contributed by atoms with Gasteiger partial charge in [0.05, 0.1) is 6.54 Å². The Morgan fingerprint density at radius 1 is 1.00 bits per heavy atom. The topological polar surface area (TPSA) is 95.4 Å². The van der Waals surface area contributed by atoms with Crippen LogP contribution < -0.4 is 21.3 Å². The van der Waals surface area contributed by atoms with Crippen molar-refractivity contribution in [1.29, 1.82) is 0 Å². The van der Waals surface area contributed by atoms with Crippen LogP contribution in [0.25, 0.3) is 0 Å². The Balaban J connectivity index is 1.50. The van der Waals surface area contributed by atoms with E-state index in [-0.39, 0.29) is 12.1 Å². The third kappa shape index (κ3) is 7.16. The first-order valence-corrected chi connectivity index (χ1v) is 10.7. The summed E-state index contributed by atoms with van der Waals surface area (Å²) in [4.78, 5) is 16.1. The highest BCUT2D eigenvalue weighted by Gasteiger charge is 2.06. The fraction of sp³-hybridized carbons (Fsp3) is 0.292. The van der Waals surface area contributed by atoms with Gasteiger partial charge in [0, 0.05) is 44.3 Å². The third-order valence-corrected chi connectivity index (χ3v) is 4.77. The number of aromatic nitrogens is 2. The second-order valence-electron chi connectivity index (χ2n) is 7.70. The summed E-state index contributed by atoms with van der Waals surface area (Å²) in [6.45, 7) is 5.85. The number of nitrogens with one attached hydrogen (secondary N) is 4. The van der Waals surface area contributed by atoms with E-state index in [1.54, 1.807) is 13.2 Å². The van der Waals surface area contributed by atoms with E-state index >= 15 is 0 Å². The van der Waals surface area contributed by atoms with Gasteiger partial charge in [-0.25, -0.2) is 4.79 Å². The van der Waals surface area contributed by atoms with Gasteiger partial charge in [0.25, 0.3) is 0 Å². The minimum absolute atomic E-state index is 0.0928. The first-order chi connectivity index (χ1) is 15.5. The summed E-state index contributed by atoms with van der Waals surface area (Å²) < 4.78 is 1.91. The summed E-state index contributed by atoms with van der Waals surface area (Å²) in [6.07, 6.45) is 3.75. The summed E-state index contributed by atoms with van der Waals surface area (Å²) in [5, 5.41) is 16.6. The van der Waals surface area contributed by atoms with Gasteiger partial charge >= 0.3 is 6.03 Å². The van der Waals surface area contributed by atoms with Crippen LogP contribution in [0.4, 0.5) is 10.5 Å². The van der Waals surface area contributed by atoms with Gasteiger partial charge in [-0.2, -0.15) is 5.10 Å². The van der Waals surface area contributed by atoms with Gasteiger partial charge in [-0.3, -0.25) is 9.67 Å². The van der Waals surface area contributed by atoms with Crippen LogP contribution in [-0.4, -0.2) is 34.9 Å². The number of carbonyl (C=O) groups excluding carboxylic acids is 1. The molecule has 4 N–H and O–H groups in total. The van der Waals surface area contributed by atoms with Crippen LogP contribution in [-0.2, 0) is 19.6 Å². The predicted molar refractivity (Wildman–Crippen MR) is 129 cm³/mol. The quantitative estimate of drug-likeness (QED) is 0.324. The number of anilines is 1. The Morgan fingerprint density at radius 2 is 1.72 bits per heavy atom. The fourth-order valence-corrected chi connectivity index (χ4v) is 3.17. The molecule has 3 rings (SSSR count). The number of hydrogen-bond donors (Lipinski definition) is 4. The average molecular weight is 434 g/mol. The molecule has 0 fully saturated rings. The Morgan fingerprint density at radius 3 is 2.38 bits per heavy atom. The van der Waals surface area contributed by atoms with E-state index in [0.717, 1.165) is 23.8 Å². The molecular formula is C24H31N7O. The van der Waals surface area contributed by atoms with Crippen molar-refractivity contribution in [2.24, 2.45) is 4.99 Å². The predicted octanol–water partition coefficient (Wildman–Crippen LogP) is 3.33. The van der Waals surface area contributed by atoms with Crippen molar-refractivity contribution in [3.05, 3.63) is 83.7 Å². The zero-order chi connectivity index (χ0) is 22.8. The number of rotatable bonds is 8. The molecule has 2 aromatic carbocycles. The smallest absolute Gasteiger partial charge is 0.319 e. The van der Waals surface area contributed by atoms with Gasteiger partial charge < -0.3 is 21.3 Å². The van der Waals surface area contributed by atoms with Crippen molar-refractivity contribution in [3.8, 4) is 0 Å². The summed E-state index contributed by atoms with van der Waals surface area (Å²) >= 11 is 0. The van der Waals surface area contributed by atoms with Crippen molar-refractivity contribution < 1.29 is 4.79 Å². The number of urea groups is 1. The van der Waals surface area contributed by atoms with E-state index in [1.165, 1.54) is 11.1 Å². The van der Waals surface area contributed by atoms with Crippen molar-refractivity contribution in [3.63, 3.8) is 0 Å². The molecule has 3 aromatic rings. The normalized spacial score (nSPS) is 11.3.